The lowest BCUT2D eigenvalue weighted by Gasteiger charge is -2.22. The third-order valence-corrected chi connectivity index (χ3v) is 6.46. The first-order valence-corrected chi connectivity index (χ1v) is 11.1. The summed E-state index contributed by atoms with van der Waals surface area (Å²) < 4.78 is 25.4. The molecule has 0 radical (unpaired) electrons. The Labute approximate surface area is 169 Å². The van der Waals surface area contributed by atoms with Crippen molar-refractivity contribution in [2.24, 2.45) is 0 Å². The van der Waals surface area contributed by atoms with Crippen molar-refractivity contribution >= 4 is 44.8 Å². The van der Waals surface area contributed by atoms with Crippen LogP contribution in [0.25, 0.3) is 0 Å². The number of amides is 1. The molecule has 2 atom stereocenters. The van der Waals surface area contributed by atoms with Gasteiger partial charge in [-0.2, -0.15) is 0 Å². The molecule has 1 aliphatic rings. The van der Waals surface area contributed by atoms with Crippen LogP contribution in [0.1, 0.15) is 41.4 Å². The molecule has 144 valence electrons. The smallest absolute Gasteiger partial charge is 0.251 e. The van der Waals surface area contributed by atoms with E-state index in [1.165, 1.54) is 10.6 Å². The molecule has 5 nitrogen and oxygen atoms in total. The van der Waals surface area contributed by atoms with Crippen molar-refractivity contribution in [1.82, 2.24) is 5.32 Å². The van der Waals surface area contributed by atoms with Gasteiger partial charge in [0, 0.05) is 21.7 Å². The van der Waals surface area contributed by atoms with E-state index in [9.17, 15) is 13.2 Å². The molecular formula is C19H20Cl2N2O3S. The van der Waals surface area contributed by atoms with E-state index in [2.05, 4.69) is 5.32 Å². The quantitative estimate of drug-likeness (QED) is 0.796. The lowest BCUT2D eigenvalue weighted by Crippen LogP contribution is -2.34. The third kappa shape index (κ3) is 4.08. The van der Waals surface area contributed by atoms with Crippen LogP contribution in [0.5, 0.6) is 0 Å². The number of hydrogen-bond acceptors (Lipinski definition) is 3. The van der Waals surface area contributed by atoms with Gasteiger partial charge in [-0.25, -0.2) is 8.42 Å². The zero-order valence-electron chi connectivity index (χ0n) is 15.2. The SMILES string of the molecule is CC(NC(=O)c1ccc2c(c1)CC(C)N2S(C)(=O)=O)c1ccc(Cl)cc1Cl. The molecule has 1 aliphatic heterocycles. The Morgan fingerprint density at radius 2 is 1.93 bits per heavy atom. The van der Waals surface area contributed by atoms with Gasteiger partial charge < -0.3 is 5.32 Å². The summed E-state index contributed by atoms with van der Waals surface area (Å²) in [6.07, 6.45) is 1.76. The predicted octanol–water partition coefficient (Wildman–Crippen LogP) is 4.20. The number of halogens is 2. The Kier molecular flexibility index (Phi) is 5.43. The highest BCUT2D eigenvalue weighted by atomic mass is 35.5. The van der Waals surface area contributed by atoms with Crippen molar-refractivity contribution in [2.75, 3.05) is 10.6 Å². The molecule has 0 saturated heterocycles. The van der Waals surface area contributed by atoms with E-state index < -0.39 is 10.0 Å². The normalized spacial score (nSPS) is 17.5. The molecule has 0 saturated carbocycles. The van der Waals surface area contributed by atoms with Gasteiger partial charge in [-0.15, -0.1) is 0 Å². The second-order valence-corrected chi connectivity index (χ2v) is 9.52. The minimum Gasteiger partial charge on any atom is -0.345 e. The van der Waals surface area contributed by atoms with Crippen LogP contribution < -0.4 is 9.62 Å². The van der Waals surface area contributed by atoms with Crippen molar-refractivity contribution in [2.45, 2.75) is 32.4 Å². The molecule has 1 heterocycles. The largest absolute Gasteiger partial charge is 0.345 e. The average molecular weight is 427 g/mol. The summed E-state index contributed by atoms with van der Waals surface area (Å²) in [6, 6.07) is 9.75. The summed E-state index contributed by atoms with van der Waals surface area (Å²) in [4.78, 5) is 12.7. The van der Waals surface area contributed by atoms with Crippen molar-refractivity contribution in [3.8, 4) is 0 Å². The van der Waals surface area contributed by atoms with Gasteiger partial charge in [-0.05, 0) is 61.7 Å². The lowest BCUT2D eigenvalue weighted by molar-refractivity contribution is 0.0940. The summed E-state index contributed by atoms with van der Waals surface area (Å²) in [5.41, 5.74) is 2.73. The van der Waals surface area contributed by atoms with Crippen LogP contribution in [0.2, 0.25) is 10.0 Å². The molecule has 2 unspecified atom stereocenters. The highest BCUT2D eigenvalue weighted by molar-refractivity contribution is 7.92. The van der Waals surface area contributed by atoms with Crippen LogP contribution >= 0.6 is 23.2 Å². The Hall–Kier alpha value is -1.76. The van der Waals surface area contributed by atoms with Gasteiger partial charge in [0.25, 0.3) is 5.91 Å². The molecule has 0 aromatic heterocycles. The summed E-state index contributed by atoms with van der Waals surface area (Å²) in [6.45, 7) is 3.69. The number of rotatable bonds is 4. The van der Waals surface area contributed by atoms with E-state index in [0.717, 1.165) is 11.1 Å². The molecule has 1 N–H and O–H groups in total. The standard InChI is InChI=1S/C19H20Cl2N2O3S/c1-11-8-14-9-13(4-7-18(14)23(11)27(3,25)26)19(24)22-12(2)16-6-5-15(20)10-17(16)21/h4-7,9-12H,8H2,1-3H3,(H,22,24). The maximum absolute atomic E-state index is 12.7. The van der Waals surface area contributed by atoms with E-state index in [1.54, 1.807) is 36.4 Å². The number of hydrogen-bond donors (Lipinski definition) is 1. The second-order valence-electron chi connectivity index (χ2n) is 6.82. The fraction of sp³-hybridized carbons (Fsp3) is 0.316. The number of carbonyl (C=O) groups excluding carboxylic acids is 1. The number of anilines is 1. The highest BCUT2D eigenvalue weighted by Gasteiger charge is 2.32. The number of carbonyl (C=O) groups is 1. The molecule has 3 rings (SSSR count). The van der Waals surface area contributed by atoms with Gasteiger partial charge in [0.1, 0.15) is 0 Å². The fourth-order valence-electron chi connectivity index (χ4n) is 3.46. The molecule has 0 bridgehead atoms. The molecule has 27 heavy (non-hydrogen) atoms. The Balaban J connectivity index is 1.82. The van der Waals surface area contributed by atoms with Crippen LogP contribution in [-0.2, 0) is 16.4 Å². The molecule has 1 amide bonds. The van der Waals surface area contributed by atoms with Crippen molar-refractivity contribution in [3.63, 3.8) is 0 Å². The van der Waals surface area contributed by atoms with Crippen molar-refractivity contribution in [1.29, 1.82) is 0 Å². The lowest BCUT2D eigenvalue weighted by atomic mass is 10.0. The summed E-state index contributed by atoms with van der Waals surface area (Å²) >= 11 is 12.1. The predicted molar refractivity (Wildman–Crippen MR) is 109 cm³/mol. The van der Waals surface area contributed by atoms with Crippen molar-refractivity contribution < 1.29 is 13.2 Å². The molecule has 0 spiro atoms. The van der Waals surface area contributed by atoms with E-state index in [4.69, 9.17) is 23.2 Å². The first-order valence-electron chi connectivity index (χ1n) is 8.46. The fourth-order valence-corrected chi connectivity index (χ4v) is 5.30. The minimum absolute atomic E-state index is 0.167. The molecular weight excluding hydrogens is 407 g/mol. The Morgan fingerprint density at radius 3 is 2.56 bits per heavy atom. The Bertz CT molecular complexity index is 1010. The van der Waals surface area contributed by atoms with Crippen LogP contribution in [-0.4, -0.2) is 26.6 Å². The van der Waals surface area contributed by atoms with E-state index in [0.29, 0.717) is 27.7 Å². The first-order chi connectivity index (χ1) is 12.6. The Morgan fingerprint density at radius 1 is 1.22 bits per heavy atom. The van der Waals surface area contributed by atoms with Gasteiger partial charge in [-0.1, -0.05) is 29.3 Å². The molecule has 8 heteroatoms. The molecule has 2 aromatic rings. The number of nitrogens with zero attached hydrogens (tertiary/aromatic N) is 1. The zero-order chi connectivity index (χ0) is 19.9. The maximum atomic E-state index is 12.7. The average Bonchev–Trinajstić information content (AvgIpc) is 2.89. The number of benzene rings is 2. The van der Waals surface area contributed by atoms with Crippen LogP contribution in [0.4, 0.5) is 5.69 Å². The number of sulfonamides is 1. The number of nitrogens with one attached hydrogen (secondary N) is 1. The summed E-state index contributed by atoms with van der Waals surface area (Å²) in [5, 5.41) is 3.94. The van der Waals surface area contributed by atoms with E-state index in [-0.39, 0.29) is 18.0 Å². The van der Waals surface area contributed by atoms with Crippen LogP contribution in [0, 0.1) is 0 Å². The van der Waals surface area contributed by atoms with Gasteiger partial charge in [-0.3, -0.25) is 9.10 Å². The number of fused-ring (bicyclic) bond motifs is 1. The second kappa shape index (κ2) is 7.34. The van der Waals surface area contributed by atoms with E-state index in [1.807, 2.05) is 13.8 Å². The monoisotopic (exact) mass is 426 g/mol. The molecule has 2 aromatic carbocycles. The van der Waals surface area contributed by atoms with Gasteiger partial charge in [0.05, 0.1) is 18.0 Å². The van der Waals surface area contributed by atoms with Gasteiger partial charge in [0.2, 0.25) is 10.0 Å². The van der Waals surface area contributed by atoms with Crippen molar-refractivity contribution in [3.05, 3.63) is 63.1 Å². The molecule has 0 fully saturated rings. The van der Waals surface area contributed by atoms with Gasteiger partial charge in [0.15, 0.2) is 0 Å². The third-order valence-electron chi connectivity index (χ3n) is 4.63. The topological polar surface area (TPSA) is 66.5 Å². The minimum atomic E-state index is -3.35. The van der Waals surface area contributed by atoms with Crippen LogP contribution in [0.15, 0.2) is 36.4 Å². The highest BCUT2D eigenvalue weighted by Crippen LogP contribution is 2.35. The summed E-state index contributed by atoms with van der Waals surface area (Å²) in [5.74, 6) is -0.248. The van der Waals surface area contributed by atoms with E-state index >= 15 is 0 Å². The van der Waals surface area contributed by atoms with Gasteiger partial charge >= 0.3 is 0 Å². The zero-order valence-corrected chi connectivity index (χ0v) is 17.5. The first kappa shape index (κ1) is 20.0. The van der Waals surface area contributed by atoms with Crippen LogP contribution in [0.3, 0.4) is 0 Å². The molecule has 0 aliphatic carbocycles. The summed E-state index contributed by atoms with van der Waals surface area (Å²) in [7, 11) is -3.35. The maximum Gasteiger partial charge on any atom is 0.251 e.